The van der Waals surface area contributed by atoms with Crippen LogP contribution in [0.25, 0.3) is 11.3 Å². The molecular formula is C27H31FN6O3. The van der Waals surface area contributed by atoms with Crippen LogP contribution in [-0.4, -0.2) is 72.9 Å². The van der Waals surface area contributed by atoms with E-state index in [0.717, 1.165) is 43.9 Å². The molecule has 0 radical (unpaired) electrons. The van der Waals surface area contributed by atoms with Gasteiger partial charge in [-0.25, -0.2) is 4.39 Å². The number of halogens is 1. The van der Waals surface area contributed by atoms with Crippen molar-refractivity contribution in [3.63, 3.8) is 0 Å². The molecule has 2 bridgehead atoms. The Bertz CT molecular complexity index is 1270. The van der Waals surface area contributed by atoms with Gasteiger partial charge in [0.05, 0.1) is 30.1 Å². The van der Waals surface area contributed by atoms with Gasteiger partial charge in [0.15, 0.2) is 17.4 Å². The third-order valence-electron chi connectivity index (χ3n) is 7.36. The summed E-state index contributed by atoms with van der Waals surface area (Å²) >= 11 is 0. The molecule has 1 aromatic heterocycles. The number of aromatic nitrogens is 2. The molecule has 2 aromatic carbocycles. The molecule has 3 aromatic rings. The Labute approximate surface area is 215 Å². The first kappa shape index (κ1) is 23.7. The number of nitrogens with one attached hydrogen (secondary N) is 1. The lowest BCUT2D eigenvalue weighted by molar-refractivity contribution is 0.0399. The second-order valence-electron chi connectivity index (χ2n) is 9.87. The highest BCUT2D eigenvalue weighted by atomic mass is 19.1. The van der Waals surface area contributed by atoms with E-state index in [1.54, 1.807) is 12.1 Å². The summed E-state index contributed by atoms with van der Waals surface area (Å²) in [5, 5.41) is 21.8. The molecule has 0 aliphatic carbocycles. The normalized spacial score (nSPS) is 22.2. The number of ether oxygens (including phenoxy) is 2. The van der Waals surface area contributed by atoms with Gasteiger partial charge in [-0.05, 0) is 56.3 Å². The zero-order chi connectivity index (χ0) is 25.4. The lowest BCUT2D eigenvalue weighted by Gasteiger charge is -2.38. The Balaban J connectivity index is 1.24. The zero-order valence-corrected chi connectivity index (χ0v) is 20.5. The molecule has 37 heavy (non-hydrogen) atoms. The fraction of sp³-hybridized carbons (Fsp3) is 0.407. The predicted octanol–water partition coefficient (Wildman–Crippen LogP) is 2.80. The maximum absolute atomic E-state index is 14.0. The molecule has 4 saturated heterocycles. The molecule has 0 amide bonds. The van der Waals surface area contributed by atoms with E-state index in [4.69, 9.17) is 15.2 Å². The lowest BCUT2D eigenvalue weighted by Crippen LogP contribution is -2.49. The lowest BCUT2D eigenvalue weighted by atomic mass is 10.1. The van der Waals surface area contributed by atoms with E-state index < -0.39 is 11.6 Å². The SMILES string of the molecule is Nc1nnc(-c2cccc(F)c2O)cc1N1CC2CN(c3cccc(OC4CCNCC4)c3)[C@H](CO2)C1. The van der Waals surface area contributed by atoms with Crippen LogP contribution >= 0.6 is 0 Å². The Hall–Kier alpha value is -3.63. The number of morpholine rings is 1. The van der Waals surface area contributed by atoms with E-state index in [1.807, 2.05) is 12.1 Å². The molecule has 10 heteroatoms. The molecule has 4 aliphatic heterocycles. The van der Waals surface area contributed by atoms with E-state index in [-0.39, 0.29) is 29.6 Å². The molecule has 7 rings (SSSR count). The zero-order valence-electron chi connectivity index (χ0n) is 20.5. The summed E-state index contributed by atoms with van der Waals surface area (Å²) in [5.41, 5.74) is 8.69. The van der Waals surface area contributed by atoms with Crippen molar-refractivity contribution in [2.24, 2.45) is 0 Å². The van der Waals surface area contributed by atoms with Crippen molar-refractivity contribution < 1.29 is 19.0 Å². The second-order valence-corrected chi connectivity index (χ2v) is 9.87. The van der Waals surface area contributed by atoms with E-state index >= 15 is 0 Å². The number of piperidine rings is 1. The van der Waals surface area contributed by atoms with Crippen molar-refractivity contribution in [1.29, 1.82) is 0 Å². The third kappa shape index (κ3) is 4.86. The molecule has 4 fully saturated rings. The standard InChI is InChI=1S/C27H31FN6O3/c28-23-6-2-5-22(26(23)35)24-12-25(27(29)32-31-24)33-13-18-16-36-21(14-33)15-34(18)17-3-1-4-20(11-17)37-19-7-9-30-10-8-19/h1-6,11-12,18-19,21,30,35H,7-10,13-16H2,(H2,29,32)/t18-,21?/m0/s1. The highest BCUT2D eigenvalue weighted by Gasteiger charge is 2.37. The van der Waals surface area contributed by atoms with Crippen LogP contribution in [0.5, 0.6) is 11.5 Å². The Morgan fingerprint density at radius 1 is 1.05 bits per heavy atom. The number of fused-ring (bicyclic) bond motifs is 4. The van der Waals surface area contributed by atoms with Crippen LogP contribution in [0.3, 0.4) is 0 Å². The summed E-state index contributed by atoms with van der Waals surface area (Å²) < 4.78 is 26.4. The molecule has 2 atom stereocenters. The molecule has 1 unspecified atom stereocenters. The number of nitrogens with zero attached hydrogens (tertiary/aromatic N) is 4. The monoisotopic (exact) mass is 506 g/mol. The number of para-hydroxylation sites is 1. The first-order valence-electron chi connectivity index (χ1n) is 12.8. The van der Waals surface area contributed by atoms with Gasteiger partial charge < -0.3 is 35.4 Å². The summed E-state index contributed by atoms with van der Waals surface area (Å²) in [6.07, 6.45) is 2.23. The number of aromatic hydroxyl groups is 1. The van der Waals surface area contributed by atoms with Gasteiger partial charge in [-0.1, -0.05) is 12.1 Å². The quantitative estimate of drug-likeness (QED) is 0.481. The van der Waals surface area contributed by atoms with Crippen molar-refractivity contribution in [1.82, 2.24) is 15.5 Å². The number of anilines is 3. The van der Waals surface area contributed by atoms with Crippen LogP contribution in [0.4, 0.5) is 21.6 Å². The maximum atomic E-state index is 14.0. The number of nitrogen functional groups attached to an aromatic ring is 1. The van der Waals surface area contributed by atoms with Gasteiger partial charge in [0.25, 0.3) is 0 Å². The van der Waals surface area contributed by atoms with Gasteiger partial charge in [0.1, 0.15) is 11.9 Å². The fourth-order valence-electron chi connectivity index (χ4n) is 5.45. The molecule has 0 spiro atoms. The van der Waals surface area contributed by atoms with Crippen molar-refractivity contribution >= 4 is 17.2 Å². The van der Waals surface area contributed by atoms with Gasteiger partial charge in [0, 0.05) is 37.0 Å². The second kappa shape index (κ2) is 10.0. The minimum atomic E-state index is -0.708. The highest BCUT2D eigenvalue weighted by molar-refractivity contribution is 5.74. The van der Waals surface area contributed by atoms with Gasteiger partial charge in [-0.3, -0.25) is 0 Å². The topological polar surface area (TPSA) is 109 Å². The Kier molecular flexibility index (Phi) is 6.43. The Morgan fingerprint density at radius 3 is 2.76 bits per heavy atom. The van der Waals surface area contributed by atoms with Crippen molar-refractivity contribution in [2.45, 2.75) is 31.1 Å². The molecule has 4 aliphatic rings. The van der Waals surface area contributed by atoms with Gasteiger partial charge >= 0.3 is 0 Å². The molecule has 4 N–H and O–H groups in total. The smallest absolute Gasteiger partial charge is 0.169 e. The van der Waals surface area contributed by atoms with E-state index in [9.17, 15) is 9.50 Å². The maximum Gasteiger partial charge on any atom is 0.169 e. The molecule has 0 saturated carbocycles. The van der Waals surface area contributed by atoms with Crippen LogP contribution in [0.15, 0.2) is 48.5 Å². The Morgan fingerprint density at radius 2 is 1.89 bits per heavy atom. The average Bonchev–Trinajstić information content (AvgIpc) is 3.24. The number of hydrogen-bond donors (Lipinski definition) is 3. The average molecular weight is 507 g/mol. The first-order chi connectivity index (χ1) is 18.0. The van der Waals surface area contributed by atoms with E-state index in [1.165, 1.54) is 12.1 Å². The minimum absolute atomic E-state index is 0.0358. The van der Waals surface area contributed by atoms with Crippen molar-refractivity contribution in [3.05, 3.63) is 54.3 Å². The number of phenols is 1. The van der Waals surface area contributed by atoms with Crippen LogP contribution in [0.1, 0.15) is 12.8 Å². The van der Waals surface area contributed by atoms with Crippen LogP contribution in [0.2, 0.25) is 0 Å². The van der Waals surface area contributed by atoms with Crippen LogP contribution < -0.4 is 25.6 Å². The van der Waals surface area contributed by atoms with Crippen molar-refractivity contribution in [2.75, 3.05) is 54.9 Å². The number of hydrogen-bond acceptors (Lipinski definition) is 9. The van der Waals surface area contributed by atoms with Crippen molar-refractivity contribution in [3.8, 4) is 22.8 Å². The molecule has 5 heterocycles. The minimum Gasteiger partial charge on any atom is -0.504 e. The number of benzene rings is 2. The third-order valence-corrected chi connectivity index (χ3v) is 7.36. The summed E-state index contributed by atoms with van der Waals surface area (Å²) in [7, 11) is 0. The van der Waals surface area contributed by atoms with E-state index in [0.29, 0.717) is 31.1 Å². The highest BCUT2D eigenvalue weighted by Crippen LogP contribution is 2.35. The van der Waals surface area contributed by atoms with Crippen LogP contribution in [-0.2, 0) is 4.74 Å². The summed E-state index contributed by atoms with van der Waals surface area (Å²) in [6.45, 7) is 4.61. The summed E-state index contributed by atoms with van der Waals surface area (Å²) in [5.74, 6) is 0.0136. The molecule has 194 valence electrons. The summed E-state index contributed by atoms with van der Waals surface area (Å²) in [6, 6.07) is 14.5. The number of phenolic OH excluding ortho intramolecular Hbond substituents is 1. The first-order valence-corrected chi connectivity index (χ1v) is 12.8. The predicted molar refractivity (Wildman–Crippen MR) is 140 cm³/mol. The molecule has 9 nitrogen and oxygen atoms in total. The largest absolute Gasteiger partial charge is 0.504 e. The van der Waals surface area contributed by atoms with Gasteiger partial charge in [-0.15, -0.1) is 10.2 Å². The number of nitrogens with two attached hydrogens (primary N) is 1. The van der Waals surface area contributed by atoms with Gasteiger partial charge in [-0.2, -0.15) is 0 Å². The fourth-order valence-corrected chi connectivity index (χ4v) is 5.45. The van der Waals surface area contributed by atoms with Crippen LogP contribution in [0, 0.1) is 5.82 Å². The molecular weight excluding hydrogens is 475 g/mol. The van der Waals surface area contributed by atoms with Gasteiger partial charge in [0.2, 0.25) is 0 Å². The number of rotatable bonds is 5. The van der Waals surface area contributed by atoms with E-state index in [2.05, 4.69) is 37.4 Å². The summed E-state index contributed by atoms with van der Waals surface area (Å²) in [4.78, 5) is 4.54.